The van der Waals surface area contributed by atoms with E-state index in [1.165, 1.54) is 11.1 Å². The molecule has 3 heteroatoms. The van der Waals surface area contributed by atoms with Crippen LogP contribution in [0.2, 0.25) is 0 Å². The topological polar surface area (TPSA) is 33.3 Å². The van der Waals surface area contributed by atoms with E-state index in [-0.39, 0.29) is 0 Å². The fraction of sp³-hybridized carbons (Fsp3) is 0.455. The fourth-order valence-electron chi connectivity index (χ4n) is 1.39. The van der Waals surface area contributed by atoms with Crippen LogP contribution in [0.15, 0.2) is 12.1 Å². The highest BCUT2D eigenvalue weighted by Gasteiger charge is 2.05. The Balaban J connectivity index is 2.92. The van der Waals surface area contributed by atoms with Crippen LogP contribution in [0, 0.1) is 13.8 Å². The van der Waals surface area contributed by atoms with E-state index in [2.05, 4.69) is 24.5 Å². The van der Waals surface area contributed by atoms with Gasteiger partial charge in [-0.05, 0) is 44.2 Å². The van der Waals surface area contributed by atoms with Crippen molar-refractivity contribution in [3.63, 3.8) is 0 Å². The monoisotopic (exact) mass is 194 g/mol. The molecule has 14 heavy (non-hydrogen) atoms. The Labute approximate surface area is 85.5 Å². The first-order valence-electron chi connectivity index (χ1n) is 4.73. The van der Waals surface area contributed by atoms with E-state index in [0.29, 0.717) is 0 Å². The predicted octanol–water partition coefficient (Wildman–Crippen LogP) is 1.90. The molecule has 0 unspecified atom stereocenters. The summed E-state index contributed by atoms with van der Waals surface area (Å²) >= 11 is 0. The molecule has 0 atom stereocenters. The minimum atomic E-state index is 0.770. The molecule has 0 spiro atoms. The van der Waals surface area contributed by atoms with E-state index in [1.807, 2.05) is 19.2 Å². The summed E-state index contributed by atoms with van der Waals surface area (Å²) in [7, 11) is 3.61. The SMILES string of the molecule is CNCNc1ccc(OC)c(C)c1C. The number of anilines is 1. The van der Waals surface area contributed by atoms with Gasteiger partial charge in [0.2, 0.25) is 0 Å². The van der Waals surface area contributed by atoms with E-state index in [0.717, 1.165) is 18.1 Å². The number of rotatable bonds is 4. The zero-order valence-electron chi connectivity index (χ0n) is 9.27. The van der Waals surface area contributed by atoms with E-state index >= 15 is 0 Å². The molecule has 1 rings (SSSR count). The van der Waals surface area contributed by atoms with Gasteiger partial charge in [0, 0.05) is 5.69 Å². The van der Waals surface area contributed by atoms with Crippen LogP contribution >= 0.6 is 0 Å². The molecule has 0 aliphatic rings. The van der Waals surface area contributed by atoms with Crippen molar-refractivity contribution >= 4 is 5.69 Å². The average Bonchev–Trinajstić information content (AvgIpc) is 2.20. The van der Waals surface area contributed by atoms with Crippen LogP contribution in [0.25, 0.3) is 0 Å². The number of hydrogen-bond acceptors (Lipinski definition) is 3. The van der Waals surface area contributed by atoms with E-state index in [4.69, 9.17) is 4.74 Å². The van der Waals surface area contributed by atoms with Crippen LogP contribution < -0.4 is 15.4 Å². The van der Waals surface area contributed by atoms with E-state index in [9.17, 15) is 0 Å². The normalized spacial score (nSPS) is 10.0. The molecule has 3 nitrogen and oxygen atoms in total. The lowest BCUT2D eigenvalue weighted by atomic mass is 10.1. The second-order valence-electron chi connectivity index (χ2n) is 3.27. The molecule has 0 saturated heterocycles. The summed E-state index contributed by atoms with van der Waals surface area (Å²) < 4.78 is 5.24. The van der Waals surface area contributed by atoms with Gasteiger partial charge in [-0.2, -0.15) is 0 Å². The molecule has 0 bridgehead atoms. The summed E-state index contributed by atoms with van der Waals surface area (Å²) in [6.07, 6.45) is 0. The van der Waals surface area contributed by atoms with Crippen LogP contribution in [0.4, 0.5) is 5.69 Å². The van der Waals surface area contributed by atoms with Crippen molar-refractivity contribution in [2.45, 2.75) is 13.8 Å². The Morgan fingerprint density at radius 3 is 2.50 bits per heavy atom. The Kier molecular flexibility index (Phi) is 3.77. The Hall–Kier alpha value is -1.22. The zero-order valence-corrected chi connectivity index (χ0v) is 9.27. The van der Waals surface area contributed by atoms with Gasteiger partial charge in [-0.25, -0.2) is 0 Å². The van der Waals surface area contributed by atoms with Gasteiger partial charge in [0.15, 0.2) is 0 Å². The van der Waals surface area contributed by atoms with Crippen LogP contribution in [0.1, 0.15) is 11.1 Å². The molecule has 1 aromatic carbocycles. The zero-order chi connectivity index (χ0) is 10.6. The van der Waals surface area contributed by atoms with Gasteiger partial charge in [-0.15, -0.1) is 0 Å². The van der Waals surface area contributed by atoms with Crippen molar-refractivity contribution < 1.29 is 4.74 Å². The van der Waals surface area contributed by atoms with Crippen LogP contribution in [-0.2, 0) is 0 Å². The molecule has 1 aromatic rings. The molecule has 0 amide bonds. The van der Waals surface area contributed by atoms with Gasteiger partial charge in [-0.3, -0.25) is 0 Å². The summed E-state index contributed by atoms with van der Waals surface area (Å²) in [4.78, 5) is 0. The third-order valence-electron chi connectivity index (χ3n) is 2.41. The second-order valence-corrected chi connectivity index (χ2v) is 3.27. The first kappa shape index (κ1) is 10.9. The highest BCUT2D eigenvalue weighted by atomic mass is 16.5. The van der Waals surface area contributed by atoms with Crippen molar-refractivity contribution in [3.05, 3.63) is 23.3 Å². The Morgan fingerprint density at radius 1 is 1.21 bits per heavy atom. The number of nitrogens with one attached hydrogen (secondary N) is 2. The third kappa shape index (κ3) is 2.17. The van der Waals surface area contributed by atoms with Crippen molar-refractivity contribution in [2.75, 3.05) is 26.1 Å². The van der Waals surface area contributed by atoms with E-state index in [1.54, 1.807) is 7.11 Å². The van der Waals surface area contributed by atoms with Gasteiger partial charge in [0.1, 0.15) is 5.75 Å². The van der Waals surface area contributed by atoms with Gasteiger partial charge in [-0.1, -0.05) is 0 Å². The molecule has 2 N–H and O–H groups in total. The maximum Gasteiger partial charge on any atom is 0.122 e. The molecule has 0 fully saturated rings. The van der Waals surface area contributed by atoms with Gasteiger partial charge >= 0.3 is 0 Å². The lowest BCUT2D eigenvalue weighted by molar-refractivity contribution is 0.411. The third-order valence-corrected chi connectivity index (χ3v) is 2.41. The van der Waals surface area contributed by atoms with E-state index < -0.39 is 0 Å². The van der Waals surface area contributed by atoms with Gasteiger partial charge < -0.3 is 15.4 Å². The van der Waals surface area contributed by atoms with Crippen molar-refractivity contribution in [1.82, 2.24) is 5.32 Å². The quantitative estimate of drug-likeness (QED) is 0.718. The lowest BCUT2D eigenvalue weighted by Crippen LogP contribution is -2.17. The highest BCUT2D eigenvalue weighted by Crippen LogP contribution is 2.26. The lowest BCUT2D eigenvalue weighted by Gasteiger charge is -2.13. The maximum atomic E-state index is 5.24. The van der Waals surface area contributed by atoms with Gasteiger partial charge in [0.25, 0.3) is 0 Å². The maximum absolute atomic E-state index is 5.24. The Morgan fingerprint density at radius 2 is 1.93 bits per heavy atom. The van der Waals surface area contributed by atoms with Crippen molar-refractivity contribution in [2.24, 2.45) is 0 Å². The van der Waals surface area contributed by atoms with Gasteiger partial charge in [0.05, 0.1) is 13.8 Å². The summed E-state index contributed by atoms with van der Waals surface area (Å²) in [6, 6.07) is 4.03. The fourth-order valence-corrected chi connectivity index (χ4v) is 1.39. The van der Waals surface area contributed by atoms with Crippen LogP contribution in [0.3, 0.4) is 0 Å². The minimum Gasteiger partial charge on any atom is -0.496 e. The highest BCUT2D eigenvalue weighted by molar-refractivity contribution is 5.58. The first-order valence-corrected chi connectivity index (χ1v) is 4.73. The number of benzene rings is 1. The first-order chi connectivity index (χ1) is 6.70. The molecule has 78 valence electrons. The molecule has 0 saturated carbocycles. The predicted molar refractivity (Wildman–Crippen MR) is 60.0 cm³/mol. The second kappa shape index (κ2) is 4.86. The largest absolute Gasteiger partial charge is 0.496 e. The average molecular weight is 194 g/mol. The summed E-state index contributed by atoms with van der Waals surface area (Å²) in [6.45, 7) is 4.93. The molecule has 0 aromatic heterocycles. The van der Waals surface area contributed by atoms with Crippen LogP contribution in [-0.4, -0.2) is 20.8 Å². The molecular weight excluding hydrogens is 176 g/mol. The number of ether oxygens (including phenoxy) is 1. The Bertz CT molecular complexity index is 310. The summed E-state index contributed by atoms with van der Waals surface area (Å²) in [5.41, 5.74) is 3.57. The summed E-state index contributed by atoms with van der Waals surface area (Å²) in [5, 5.41) is 6.34. The number of hydrogen-bond donors (Lipinski definition) is 2. The van der Waals surface area contributed by atoms with Crippen molar-refractivity contribution in [1.29, 1.82) is 0 Å². The number of methoxy groups -OCH3 is 1. The molecule has 0 aliphatic carbocycles. The minimum absolute atomic E-state index is 0.770. The summed E-state index contributed by atoms with van der Waals surface area (Å²) in [5.74, 6) is 0.942. The molecule has 0 radical (unpaired) electrons. The smallest absolute Gasteiger partial charge is 0.122 e. The molecular formula is C11H18N2O. The van der Waals surface area contributed by atoms with Crippen molar-refractivity contribution in [3.8, 4) is 5.75 Å². The standard InChI is InChI=1S/C11H18N2O/c1-8-9(2)11(14-4)6-5-10(8)13-7-12-3/h5-6,12-13H,7H2,1-4H3. The molecule has 0 heterocycles. The van der Waals surface area contributed by atoms with Crippen LogP contribution in [0.5, 0.6) is 5.75 Å². The molecule has 0 aliphatic heterocycles.